The zero-order valence-corrected chi connectivity index (χ0v) is 19.1. The quantitative estimate of drug-likeness (QED) is 0.251. The second-order valence-corrected chi connectivity index (χ2v) is 7.51. The molecule has 2 aromatic heterocycles. The van der Waals surface area contributed by atoms with Crippen LogP contribution in [0, 0.1) is 0 Å². The summed E-state index contributed by atoms with van der Waals surface area (Å²) in [6.07, 6.45) is 12.9. The van der Waals surface area contributed by atoms with Gasteiger partial charge in [-0.25, -0.2) is 9.59 Å². The van der Waals surface area contributed by atoms with Gasteiger partial charge in [-0.3, -0.25) is 0 Å². The molecule has 2 rings (SSSR count). The molecule has 0 amide bonds. The molecule has 10 nitrogen and oxygen atoms in total. The van der Waals surface area contributed by atoms with Crippen LogP contribution >= 0.6 is 0 Å². The highest BCUT2D eigenvalue weighted by Crippen LogP contribution is 2.13. The predicted octanol–water partition coefficient (Wildman–Crippen LogP) is 4.49. The summed E-state index contributed by atoms with van der Waals surface area (Å²) in [6.45, 7) is 4.04. The first kappa shape index (κ1) is 25.5. The average molecular weight is 451 g/mol. The first-order valence-corrected chi connectivity index (χ1v) is 11.6. The van der Waals surface area contributed by atoms with Crippen LogP contribution < -0.4 is 0 Å². The summed E-state index contributed by atoms with van der Waals surface area (Å²) in [5.74, 6) is -0.147. The van der Waals surface area contributed by atoms with E-state index >= 15 is 0 Å². The molecule has 0 aromatic carbocycles. The van der Waals surface area contributed by atoms with Crippen LogP contribution in [0.25, 0.3) is 0 Å². The SMILES string of the molecule is CCOC(=O)c1nc(CCCCCCCCCCCCc2noc(C(=O)OCC)n2)no1. The van der Waals surface area contributed by atoms with E-state index < -0.39 is 11.9 Å². The molecule has 0 unspecified atom stereocenters. The molecular formula is C22H34N4O6. The van der Waals surface area contributed by atoms with Crippen LogP contribution in [-0.4, -0.2) is 45.4 Å². The molecule has 32 heavy (non-hydrogen) atoms. The van der Waals surface area contributed by atoms with E-state index in [1.54, 1.807) is 13.8 Å². The third-order valence-corrected chi connectivity index (χ3v) is 4.89. The molecule has 10 heteroatoms. The highest BCUT2D eigenvalue weighted by molar-refractivity contribution is 5.84. The smallest absolute Gasteiger partial charge is 0.397 e. The van der Waals surface area contributed by atoms with Crippen molar-refractivity contribution in [2.24, 2.45) is 0 Å². The Morgan fingerprint density at radius 1 is 0.625 bits per heavy atom. The predicted molar refractivity (Wildman–Crippen MR) is 114 cm³/mol. The summed E-state index contributed by atoms with van der Waals surface area (Å²) >= 11 is 0. The molecule has 2 aromatic rings. The summed E-state index contributed by atoms with van der Waals surface area (Å²) in [7, 11) is 0. The number of esters is 2. The maximum atomic E-state index is 11.5. The van der Waals surface area contributed by atoms with Gasteiger partial charge in [0.1, 0.15) is 0 Å². The minimum atomic E-state index is -0.566. The van der Waals surface area contributed by atoms with Crippen molar-refractivity contribution in [3.05, 3.63) is 23.4 Å². The third-order valence-electron chi connectivity index (χ3n) is 4.89. The molecule has 0 aliphatic carbocycles. The Morgan fingerprint density at radius 2 is 0.969 bits per heavy atom. The lowest BCUT2D eigenvalue weighted by molar-refractivity contribution is 0.0462. The van der Waals surface area contributed by atoms with Crippen molar-refractivity contribution in [2.45, 2.75) is 90.9 Å². The van der Waals surface area contributed by atoms with Crippen molar-refractivity contribution >= 4 is 11.9 Å². The van der Waals surface area contributed by atoms with Gasteiger partial charge in [0.2, 0.25) is 0 Å². The molecule has 0 aliphatic rings. The molecule has 0 bridgehead atoms. The van der Waals surface area contributed by atoms with E-state index in [2.05, 4.69) is 20.3 Å². The maximum Gasteiger partial charge on any atom is 0.397 e. The van der Waals surface area contributed by atoms with Crippen molar-refractivity contribution in [2.75, 3.05) is 13.2 Å². The molecule has 0 radical (unpaired) electrons. The topological polar surface area (TPSA) is 130 Å². The summed E-state index contributed by atoms with van der Waals surface area (Å²) in [5, 5.41) is 7.63. The minimum absolute atomic E-state index is 0.0689. The lowest BCUT2D eigenvalue weighted by Crippen LogP contribution is -2.05. The zero-order chi connectivity index (χ0) is 23.0. The van der Waals surface area contributed by atoms with Gasteiger partial charge in [-0.2, -0.15) is 9.97 Å². The number of aryl methyl sites for hydroxylation is 2. The van der Waals surface area contributed by atoms with Crippen molar-refractivity contribution in [1.82, 2.24) is 20.3 Å². The zero-order valence-electron chi connectivity index (χ0n) is 19.1. The van der Waals surface area contributed by atoms with Gasteiger partial charge < -0.3 is 18.5 Å². The van der Waals surface area contributed by atoms with Gasteiger partial charge in [0.15, 0.2) is 11.6 Å². The summed E-state index contributed by atoms with van der Waals surface area (Å²) in [6, 6.07) is 0. The molecule has 0 aliphatic heterocycles. The highest BCUT2D eigenvalue weighted by Gasteiger charge is 2.16. The summed E-state index contributed by atoms with van der Waals surface area (Å²) in [4.78, 5) is 31.1. The minimum Gasteiger partial charge on any atom is -0.459 e. The Bertz CT molecular complexity index is 738. The highest BCUT2D eigenvalue weighted by atomic mass is 16.6. The number of hydrogen-bond acceptors (Lipinski definition) is 10. The second-order valence-electron chi connectivity index (χ2n) is 7.51. The Kier molecular flexibility index (Phi) is 12.0. The van der Waals surface area contributed by atoms with Crippen molar-refractivity contribution in [3.63, 3.8) is 0 Å². The first-order valence-electron chi connectivity index (χ1n) is 11.6. The summed E-state index contributed by atoms with van der Waals surface area (Å²) in [5.41, 5.74) is 0. The van der Waals surface area contributed by atoms with Crippen molar-refractivity contribution in [3.8, 4) is 0 Å². The lowest BCUT2D eigenvalue weighted by Gasteiger charge is -2.02. The van der Waals surface area contributed by atoms with E-state index in [9.17, 15) is 9.59 Å². The standard InChI is InChI=1S/C22H34N4O6/c1-3-29-21(27)19-23-17(25-31-19)15-13-11-9-7-5-6-8-10-12-14-16-18-24-20(32-26-18)22(28)30-4-2/h3-16H2,1-2H3. The molecule has 0 fully saturated rings. The number of unbranched alkanes of at least 4 members (excludes halogenated alkanes) is 9. The largest absolute Gasteiger partial charge is 0.459 e. The number of rotatable bonds is 17. The number of ether oxygens (including phenoxy) is 2. The van der Waals surface area contributed by atoms with Crippen LogP contribution in [0.2, 0.25) is 0 Å². The Labute approximate surface area is 188 Å². The number of carbonyl (C=O) groups is 2. The van der Waals surface area contributed by atoms with E-state index in [0.29, 0.717) is 24.5 Å². The molecule has 0 saturated heterocycles. The van der Waals surface area contributed by atoms with Gasteiger partial charge >= 0.3 is 23.7 Å². The average Bonchev–Trinajstić information content (AvgIpc) is 3.45. The molecular weight excluding hydrogens is 416 g/mol. The van der Waals surface area contributed by atoms with Gasteiger partial charge in [0, 0.05) is 12.8 Å². The monoisotopic (exact) mass is 450 g/mol. The van der Waals surface area contributed by atoms with E-state index in [0.717, 1.165) is 25.7 Å². The van der Waals surface area contributed by atoms with E-state index in [4.69, 9.17) is 18.5 Å². The lowest BCUT2D eigenvalue weighted by atomic mass is 10.0. The van der Waals surface area contributed by atoms with E-state index in [1.807, 2.05) is 0 Å². The number of hydrogen-bond donors (Lipinski definition) is 0. The van der Waals surface area contributed by atoms with Crippen LogP contribution in [0.15, 0.2) is 9.05 Å². The van der Waals surface area contributed by atoms with Crippen LogP contribution in [0.3, 0.4) is 0 Å². The number of carbonyl (C=O) groups excluding carboxylic acids is 2. The van der Waals surface area contributed by atoms with Crippen LogP contribution in [0.5, 0.6) is 0 Å². The normalized spacial score (nSPS) is 10.9. The van der Waals surface area contributed by atoms with Gasteiger partial charge in [-0.15, -0.1) is 0 Å². The van der Waals surface area contributed by atoms with E-state index in [-0.39, 0.29) is 25.0 Å². The molecule has 0 saturated carbocycles. The van der Waals surface area contributed by atoms with Crippen molar-refractivity contribution in [1.29, 1.82) is 0 Å². The number of aromatic nitrogens is 4. The van der Waals surface area contributed by atoms with Gasteiger partial charge in [0.25, 0.3) is 0 Å². The van der Waals surface area contributed by atoms with Gasteiger partial charge in [0.05, 0.1) is 13.2 Å². The fraction of sp³-hybridized carbons (Fsp3) is 0.727. The van der Waals surface area contributed by atoms with Gasteiger partial charge in [-0.1, -0.05) is 61.7 Å². The Hall–Kier alpha value is -2.78. The van der Waals surface area contributed by atoms with Crippen LogP contribution in [-0.2, 0) is 22.3 Å². The van der Waals surface area contributed by atoms with Crippen LogP contribution in [0.1, 0.15) is 111 Å². The maximum absolute atomic E-state index is 11.5. The number of nitrogens with zero attached hydrogens (tertiary/aromatic N) is 4. The Balaban J connectivity index is 1.40. The first-order chi connectivity index (χ1) is 15.6. The molecule has 178 valence electrons. The summed E-state index contributed by atoms with van der Waals surface area (Å²) < 4.78 is 19.5. The molecule has 2 heterocycles. The second kappa shape index (κ2) is 15.1. The van der Waals surface area contributed by atoms with Crippen molar-refractivity contribution < 1.29 is 28.1 Å². The molecule has 0 spiro atoms. The fourth-order valence-corrected chi connectivity index (χ4v) is 3.24. The van der Waals surface area contributed by atoms with E-state index in [1.165, 1.54) is 38.5 Å². The Morgan fingerprint density at radius 3 is 1.31 bits per heavy atom. The molecule has 0 N–H and O–H groups in total. The molecule has 0 atom stereocenters. The third kappa shape index (κ3) is 9.57. The van der Waals surface area contributed by atoms with Gasteiger partial charge in [-0.05, 0) is 26.7 Å². The van der Waals surface area contributed by atoms with Crippen LogP contribution in [0.4, 0.5) is 0 Å². The fourth-order valence-electron chi connectivity index (χ4n) is 3.24.